The predicted molar refractivity (Wildman–Crippen MR) is 56.5 cm³/mol. The van der Waals surface area contributed by atoms with E-state index in [4.69, 9.17) is 0 Å². The third kappa shape index (κ3) is 2.57. The first kappa shape index (κ1) is 10.3. The Labute approximate surface area is 86.3 Å². The molecular formula is C11H10BrF. The maximum atomic E-state index is 12.9. The van der Waals surface area contributed by atoms with Gasteiger partial charge in [-0.25, -0.2) is 4.39 Å². The minimum Gasteiger partial charge on any atom is -0.207 e. The van der Waals surface area contributed by atoms with Gasteiger partial charge in [0, 0.05) is 5.56 Å². The van der Waals surface area contributed by atoms with E-state index in [1.807, 2.05) is 13.8 Å². The molecule has 0 aliphatic rings. The minimum absolute atomic E-state index is 0.195. The van der Waals surface area contributed by atoms with Crippen molar-refractivity contribution >= 4 is 15.9 Å². The van der Waals surface area contributed by atoms with Crippen molar-refractivity contribution in [2.24, 2.45) is 0 Å². The van der Waals surface area contributed by atoms with Crippen LogP contribution in [-0.2, 0) is 0 Å². The van der Waals surface area contributed by atoms with Crippen LogP contribution in [0.5, 0.6) is 0 Å². The largest absolute Gasteiger partial charge is 0.207 e. The van der Waals surface area contributed by atoms with Gasteiger partial charge in [0.05, 0.1) is 5.33 Å². The molecule has 0 saturated heterocycles. The van der Waals surface area contributed by atoms with Gasteiger partial charge in [-0.15, -0.1) is 0 Å². The van der Waals surface area contributed by atoms with E-state index in [2.05, 4.69) is 27.8 Å². The molecule has 0 aliphatic heterocycles. The van der Waals surface area contributed by atoms with E-state index in [0.717, 1.165) is 16.7 Å². The molecular weight excluding hydrogens is 231 g/mol. The summed E-state index contributed by atoms with van der Waals surface area (Å²) in [6.07, 6.45) is 0. The van der Waals surface area contributed by atoms with Crippen molar-refractivity contribution in [3.63, 3.8) is 0 Å². The lowest BCUT2D eigenvalue weighted by Crippen LogP contribution is -1.90. The van der Waals surface area contributed by atoms with Crippen molar-refractivity contribution in [3.05, 3.63) is 34.6 Å². The van der Waals surface area contributed by atoms with Gasteiger partial charge in [0.15, 0.2) is 0 Å². The molecule has 1 aromatic rings. The highest BCUT2D eigenvalue weighted by Crippen LogP contribution is 2.14. The molecule has 0 unspecified atom stereocenters. The average Bonchev–Trinajstić information content (AvgIpc) is 2.02. The van der Waals surface area contributed by atoms with Crippen molar-refractivity contribution in [1.29, 1.82) is 0 Å². The first-order valence-corrected chi connectivity index (χ1v) is 5.09. The van der Waals surface area contributed by atoms with Crippen LogP contribution in [0.1, 0.15) is 16.7 Å². The summed E-state index contributed by atoms with van der Waals surface area (Å²) >= 11 is 3.22. The molecule has 13 heavy (non-hydrogen) atoms. The molecule has 0 saturated carbocycles. The van der Waals surface area contributed by atoms with Crippen LogP contribution in [0, 0.1) is 31.5 Å². The molecule has 0 amide bonds. The SMILES string of the molecule is Cc1cc(F)cc(C)c1C#CCBr. The van der Waals surface area contributed by atoms with E-state index in [1.54, 1.807) is 0 Å². The quantitative estimate of drug-likeness (QED) is 0.483. The van der Waals surface area contributed by atoms with Crippen LogP contribution >= 0.6 is 15.9 Å². The van der Waals surface area contributed by atoms with Crippen molar-refractivity contribution in [1.82, 2.24) is 0 Å². The van der Waals surface area contributed by atoms with Crippen LogP contribution in [0.3, 0.4) is 0 Å². The molecule has 0 N–H and O–H groups in total. The Balaban J connectivity index is 3.21. The maximum Gasteiger partial charge on any atom is 0.123 e. The van der Waals surface area contributed by atoms with Crippen LogP contribution in [0.4, 0.5) is 4.39 Å². The van der Waals surface area contributed by atoms with Gasteiger partial charge in [-0.05, 0) is 37.1 Å². The molecule has 68 valence electrons. The summed E-state index contributed by atoms with van der Waals surface area (Å²) in [5, 5.41) is 0.642. The van der Waals surface area contributed by atoms with Crippen LogP contribution < -0.4 is 0 Å². The highest BCUT2D eigenvalue weighted by Gasteiger charge is 2.01. The maximum absolute atomic E-state index is 12.9. The highest BCUT2D eigenvalue weighted by atomic mass is 79.9. The molecule has 0 nitrogen and oxygen atoms in total. The van der Waals surface area contributed by atoms with Crippen LogP contribution in [0.15, 0.2) is 12.1 Å². The van der Waals surface area contributed by atoms with Gasteiger partial charge < -0.3 is 0 Å². The van der Waals surface area contributed by atoms with Gasteiger partial charge in [0.1, 0.15) is 5.82 Å². The summed E-state index contributed by atoms with van der Waals surface area (Å²) in [7, 11) is 0. The lowest BCUT2D eigenvalue weighted by molar-refractivity contribution is 0.625. The number of benzene rings is 1. The molecule has 0 aromatic heterocycles. The van der Waals surface area contributed by atoms with E-state index in [0.29, 0.717) is 5.33 Å². The van der Waals surface area contributed by atoms with Gasteiger partial charge in [-0.1, -0.05) is 27.8 Å². The van der Waals surface area contributed by atoms with E-state index < -0.39 is 0 Å². The summed E-state index contributed by atoms with van der Waals surface area (Å²) in [5.41, 5.74) is 2.72. The predicted octanol–water partition coefficient (Wildman–Crippen LogP) is 3.19. The van der Waals surface area contributed by atoms with Crippen LogP contribution in [0.25, 0.3) is 0 Å². The molecule has 0 heterocycles. The summed E-state index contributed by atoms with van der Waals surface area (Å²) in [6, 6.07) is 3.01. The molecule has 1 rings (SSSR count). The van der Waals surface area contributed by atoms with Crippen molar-refractivity contribution in [2.75, 3.05) is 5.33 Å². The zero-order valence-electron chi connectivity index (χ0n) is 7.62. The second kappa shape index (κ2) is 4.43. The Morgan fingerprint density at radius 2 is 1.85 bits per heavy atom. The smallest absolute Gasteiger partial charge is 0.123 e. The fraction of sp³-hybridized carbons (Fsp3) is 0.273. The first-order chi connectivity index (χ1) is 6.15. The van der Waals surface area contributed by atoms with Gasteiger partial charge in [-0.3, -0.25) is 0 Å². The molecule has 0 atom stereocenters. The topological polar surface area (TPSA) is 0 Å². The zero-order valence-corrected chi connectivity index (χ0v) is 9.20. The number of hydrogen-bond acceptors (Lipinski definition) is 0. The molecule has 1 aromatic carbocycles. The van der Waals surface area contributed by atoms with Crippen LogP contribution in [0.2, 0.25) is 0 Å². The van der Waals surface area contributed by atoms with E-state index in [1.165, 1.54) is 12.1 Å². The first-order valence-electron chi connectivity index (χ1n) is 3.96. The third-order valence-corrected chi connectivity index (χ3v) is 2.06. The fourth-order valence-electron chi connectivity index (χ4n) is 1.23. The highest BCUT2D eigenvalue weighted by molar-refractivity contribution is 9.09. The third-order valence-electron chi connectivity index (χ3n) is 1.78. The normalized spacial score (nSPS) is 9.23. The number of rotatable bonds is 0. The molecule has 0 radical (unpaired) electrons. The number of alkyl halides is 1. The van der Waals surface area contributed by atoms with E-state index in [-0.39, 0.29) is 5.82 Å². The Morgan fingerprint density at radius 3 is 2.31 bits per heavy atom. The lowest BCUT2D eigenvalue weighted by Gasteiger charge is -2.02. The standard InChI is InChI=1S/C11H10BrF/c1-8-6-10(13)7-9(2)11(8)4-3-5-12/h6-7H,5H2,1-2H3. The lowest BCUT2D eigenvalue weighted by atomic mass is 10.0. The van der Waals surface area contributed by atoms with Crippen molar-refractivity contribution in [2.45, 2.75) is 13.8 Å². The van der Waals surface area contributed by atoms with Gasteiger partial charge in [0.25, 0.3) is 0 Å². The molecule has 0 aliphatic carbocycles. The molecule has 0 spiro atoms. The van der Waals surface area contributed by atoms with E-state index in [9.17, 15) is 4.39 Å². The second-order valence-corrected chi connectivity index (χ2v) is 3.41. The number of hydrogen-bond donors (Lipinski definition) is 0. The Morgan fingerprint density at radius 1 is 1.31 bits per heavy atom. The summed E-state index contributed by atoms with van der Waals surface area (Å²) in [6.45, 7) is 3.74. The Hall–Kier alpha value is -0.810. The summed E-state index contributed by atoms with van der Waals surface area (Å²) in [5.74, 6) is 5.71. The van der Waals surface area contributed by atoms with Crippen LogP contribution in [-0.4, -0.2) is 5.33 Å². The summed E-state index contributed by atoms with van der Waals surface area (Å²) < 4.78 is 12.9. The monoisotopic (exact) mass is 240 g/mol. The van der Waals surface area contributed by atoms with Gasteiger partial charge >= 0.3 is 0 Å². The van der Waals surface area contributed by atoms with E-state index >= 15 is 0 Å². The molecule has 0 bridgehead atoms. The fourth-order valence-corrected chi connectivity index (χ4v) is 1.37. The minimum atomic E-state index is -0.195. The van der Waals surface area contributed by atoms with Crippen molar-refractivity contribution in [3.8, 4) is 11.8 Å². The second-order valence-electron chi connectivity index (χ2n) is 2.85. The molecule has 0 fully saturated rings. The average molecular weight is 241 g/mol. The Bertz CT molecular complexity index is 348. The van der Waals surface area contributed by atoms with Gasteiger partial charge in [-0.2, -0.15) is 0 Å². The van der Waals surface area contributed by atoms with Crippen molar-refractivity contribution < 1.29 is 4.39 Å². The molecule has 2 heteroatoms. The Kier molecular flexibility index (Phi) is 3.50. The zero-order chi connectivity index (χ0) is 9.84. The van der Waals surface area contributed by atoms with Gasteiger partial charge in [0.2, 0.25) is 0 Å². The number of aryl methyl sites for hydroxylation is 2. The number of halogens is 2. The summed E-state index contributed by atoms with van der Waals surface area (Å²) in [4.78, 5) is 0.